The summed E-state index contributed by atoms with van der Waals surface area (Å²) >= 11 is 0. The van der Waals surface area contributed by atoms with Gasteiger partial charge in [0.15, 0.2) is 0 Å². The largest absolute Gasteiger partial charge is 0.324 e. The molecule has 0 aliphatic heterocycles. The summed E-state index contributed by atoms with van der Waals surface area (Å²) in [5, 5.41) is 2.83. The van der Waals surface area contributed by atoms with Gasteiger partial charge in [0.25, 0.3) is 0 Å². The lowest BCUT2D eigenvalue weighted by Gasteiger charge is -2.28. The van der Waals surface area contributed by atoms with Crippen LogP contribution in [-0.4, -0.2) is 26.6 Å². The number of benzene rings is 2. The van der Waals surface area contributed by atoms with Crippen molar-refractivity contribution >= 4 is 27.3 Å². The third-order valence-electron chi connectivity index (χ3n) is 4.87. The third-order valence-corrected chi connectivity index (χ3v) is 6.12. The first-order valence-electron chi connectivity index (χ1n) is 9.60. The zero-order valence-electron chi connectivity index (χ0n) is 17.3. The van der Waals surface area contributed by atoms with E-state index in [1.54, 1.807) is 19.1 Å². The van der Waals surface area contributed by atoms with Crippen molar-refractivity contribution in [3.05, 3.63) is 59.2 Å². The van der Waals surface area contributed by atoms with Crippen molar-refractivity contribution in [2.75, 3.05) is 15.9 Å². The molecule has 0 fully saturated rings. The van der Waals surface area contributed by atoms with E-state index >= 15 is 0 Å². The lowest BCUT2D eigenvalue weighted by molar-refractivity contribution is -0.116. The Morgan fingerprint density at radius 2 is 1.71 bits per heavy atom. The van der Waals surface area contributed by atoms with Crippen LogP contribution in [0.3, 0.4) is 0 Å². The first kappa shape index (κ1) is 22.0. The normalized spacial score (nSPS) is 12.5. The Morgan fingerprint density at radius 1 is 1.07 bits per heavy atom. The number of anilines is 2. The Balaban J connectivity index is 2.20. The van der Waals surface area contributed by atoms with Gasteiger partial charge in [0.1, 0.15) is 6.04 Å². The molecule has 0 aliphatic carbocycles. The van der Waals surface area contributed by atoms with E-state index in [0.29, 0.717) is 11.4 Å². The molecule has 2 rings (SSSR count). The van der Waals surface area contributed by atoms with Gasteiger partial charge in [0.2, 0.25) is 15.9 Å². The van der Waals surface area contributed by atoms with Gasteiger partial charge in [-0.25, -0.2) is 8.42 Å². The quantitative estimate of drug-likeness (QED) is 0.710. The average Bonchev–Trinajstić information content (AvgIpc) is 2.63. The standard InChI is InChI=1S/C22H30N2O3S/c1-6-7-8-19-10-12-20(13-11-19)23-22(25)18(4)24(28(5,26)27)21-14-9-16(2)17(3)15-21/h9-15,18H,6-8H2,1-5H3,(H,23,25). The molecule has 0 aromatic heterocycles. The fourth-order valence-electron chi connectivity index (χ4n) is 3.05. The van der Waals surface area contributed by atoms with Gasteiger partial charge in [0, 0.05) is 5.69 Å². The van der Waals surface area contributed by atoms with E-state index in [4.69, 9.17) is 0 Å². The fourth-order valence-corrected chi connectivity index (χ4v) is 4.22. The molecule has 0 heterocycles. The molecule has 0 radical (unpaired) electrons. The van der Waals surface area contributed by atoms with Crippen LogP contribution in [0.1, 0.15) is 43.4 Å². The Morgan fingerprint density at radius 3 is 2.25 bits per heavy atom. The molecule has 1 unspecified atom stereocenters. The molecule has 0 bridgehead atoms. The van der Waals surface area contributed by atoms with Gasteiger partial charge in [-0.1, -0.05) is 31.5 Å². The second-order valence-corrected chi connectivity index (χ2v) is 9.15. The number of amides is 1. The number of carbonyl (C=O) groups excluding carboxylic acids is 1. The maximum absolute atomic E-state index is 12.8. The first-order valence-corrected chi connectivity index (χ1v) is 11.4. The highest BCUT2D eigenvalue weighted by molar-refractivity contribution is 7.92. The maximum atomic E-state index is 12.8. The highest BCUT2D eigenvalue weighted by Gasteiger charge is 2.29. The lowest BCUT2D eigenvalue weighted by atomic mass is 10.1. The highest BCUT2D eigenvalue weighted by atomic mass is 32.2. The van der Waals surface area contributed by atoms with Gasteiger partial charge in [-0.3, -0.25) is 9.10 Å². The molecule has 28 heavy (non-hydrogen) atoms. The van der Waals surface area contributed by atoms with Crippen molar-refractivity contribution in [1.82, 2.24) is 0 Å². The van der Waals surface area contributed by atoms with E-state index in [0.717, 1.165) is 36.6 Å². The number of sulfonamides is 1. The van der Waals surface area contributed by atoms with Gasteiger partial charge in [-0.15, -0.1) is 0 Å². The minimum Gasteiger partial charge on any atom is -0.324 e. The molecular formula is C22H30N2O3S. The summed E-state index contributed by atoms with van der Waals surface area (Å²) < 4.78 is 26.0. The molecule has 1 N–H and O–H groups in total. The van der Waals surface area contributed by atoms with Gasteiger partial charge in [-0.05, 0) is 74.6 Å². The minimum atomic E-state index is -3.63. The first-order chi connectivity index (χ1) is 13.1. The second kappa shape index (κ2) is 9.24. The molecule has 2 aromatic rings. The zero-order valence-corrected chi connectivity index (χ0v) is 18.1. The molecule has 0 saturated heterocycles. The summed E-state index contributed by atoms with van der Waals surface area (Å²) in [6, 6.07) is 12.2. The number of rotatable bonds is 8. The highest BCUT2D eigenvalue weighted by Crippen LogP contribution is 2.24. The molecule has 2 aromatic carbocycles. The number of nitrogens with one attached hydrogen (secondary N) is 1. The van der Waals surface area contributed by atoms with E-state index < -0.39 is 16.1 Å². The summed E-state index contributed by atoms with van der Waals surface area (Å²) in [7, 11) is -3.63. The monoisotopic (exact) mass is 402 g/mol. The molecule has 6 heteroatoms. The number of carbonyl (C=O) groups is 1. The lowest BCUT2D eigenvalue weighted by Crippen LogP contribution is -2.45. The van der Waals surface area contributed by atoms with Gasteiger partial charge < -0.3 is 5.32 Å². The number of nitrogens with zero attached hydrogens (tertiary/aromatic N) is 1. The number of hydrogen-bond donors (Lipinski definition) is 1. The van der Waals surface area contributed by atoms with Crippen LogP contribution in [0.15, 0.2) is 42.5 Å². The summed E-state index contributed by atoms with van der Waals surface area (Å²) in [6.45, 7) is 7.63. The summed E-state index contributed by atoms with van der Waals surface area (Å²) in [6.07, 6.45) is 4.39. The van der Waals surface area contributed by atoms with Crippen LogP contribution in [-0.2, 0) is 21.2 Å². The molecular weight excluding hydrogens is 372 g/mol. The van der Waals surface area contributed by atoms with Crippen LogP contribution in [0.5, 0.6) is 0 Å². The van der Waals surface area contributed by atoms with E-state index in [9.17, 15) is 13.2 Å². The number of aryl methyl sites for hydroxylation is 3. The van der Waals surface area contributed by atoms with Crippen LogP contribution in [0.25, 0.3) is 0 Å². The molecule has 0 aliphatic rings. The molecule has 1 atom stereocenters. The van der Waals surface area contributed by atoms with Crippen molar-refractivity contribution in [1.29, 1.82) is 0 Å². The number of unbranched alkanes of at least 4 members (excludes halogenated alkanes) is 1. The predicted molar refractivity (Wildman–Crippen MR) is 116 cm³/mol. The van der Waals surface area contributed by atoms with E-state index in [-0.39, 0.29) is 5.91 Å². The van der Waals surface area contributed by atoms with Gasteiger partial charge >= 0.3 is 0 Å². The Labute approximate surface area is 168 Å². The molecule has 0 spiro atoms. The molecule has 152 valence electrons. The van der Waals surface area contributed by atoms with Crippen LogP contribution < -0.4 is 9.62 Å². The smallest absolute Gasteiger partial charge is 0.247 e. The van der Waals surface area contributed by atoms with Crippen molar-refractivity contribution in [2.45, 2.75) is 53.0 Å². The maximum Gasteiger partial charge on any atom is 0.247 e. The SMILES string of the molecule is CCCCc1ccc(NC(=O)C(C)N(c2ccc(C)c(C)c2)S(C)(=O)=O)cc1. The predicted octanol–water partition coefficient (Wildman–Crippen LogP) is 4.44. The minimum absolute atomic E-state index is 0.370. The van der Waals surface area contributed by atoms with Crippen molar-refractivity contribution < 1.29 is 13.2 Å². The Kier molecular flexibility index (Phi) is 7.24. The Bertz CT molecular complexity index is 921. The summed E-state index contributed by atoms with van der Waals surface area (Å²) in [4.78, 5) is 12.8. The van der Waals surface area contributed by atoms with E-state index in [2.05, 4.69) is 12.2 Å². The van der Waals surface area contributed by atoms with Crippen molar-refractivity contribution in [2.24, 2.45) is 0 Å². The molecule has 1 amide bonds. The van der Waals surface area contributed by atoms with Crippen LogP contribution in [0, 0.1) is 13.8 Å². The van der Waals surface area contributed by atoms with Crippen LogP contribution >= 0.6 is 0 Å². The fraction of sp³-hybridized carbons (Fsp3) is 0.409. The number of hydrogen-bond acceptors (Lipinski definition) is 3. The third kappa shape index (κ3) is 5.58. The Hall–Kier alpha value is -2.34. The molecule has 5 nitrogen and oxygen atoms in total. The van der Waals surface area contributed by atoms with Gasteiger partial charge in [0.05, 0.1) is 11.9 Å². The molecule has 0 saturated carbocycles. The summed E-state index contributed by atoms with van der Waals surface area (Å²) in [5.74, 6) is -0.370. The van der Waals surface area contributed by atoms with E-state index in [1.807, 2.05) is 44.2 Å². The second-order valence-electron chi connectivity index (χ2n) is 7.29. The van der Waals surface area contributed by atoms with Crippen molar-refractivity contribution in [3.8, 4) is 0 Å². The summed E-state index contributed by atoms with van der Waals surface area (Å²) in [5.41, 5.74) is 4.41. The van der Waals surface area contributed by atoms with Crippen LogP contribution in [0.2, 0.25) is 0 Å². The average molecular weight is 403 g/mol. The topological polar surface area (TPSA) is 66.5 Å². The van der Waals surface area contributed by atoms with Gasteiger partial charge in [-0.2, -0.15) is 0 Å². The zero-order chi connectivity index (χ0) is 20.9. The van der Waals surface area contributed by atoms with Crippen LogP contribution in [0.4, 0.5) is 11.4 Å². The van der Waals surface area contributed by atoms with E-state index in [1.165, 1.54) is 9.87 Å². The van der Waals surface area contributed by atoms with Crippen molar-refractivity contribution in [3.63, 3.8) is 0 Å².